The maximum atomic E-state index is 12.0. The van der Waals surface area contributed by atoms with Crippen LogP contribution in [0.2, 0.25) is 0 Å². The fourth-order valence-corrected chi connectivity index (χ4v) is 2.64. The lowest BCUT2D eigenvalue weighted by Crippen LogP contribution is -2.28. The molecule has 0 radical (unpaired) electrons. The molecule has 0 atom stereocenters. The zero-order valence-corrected chi connectivity index (χ0v) is 14.2. The second-order valence-electron chi connectivity index (χ2n) is 5.08. The SMILES string of the molecule is CCC(=O)Nc1ccc(C)c(NC(=O)NCc2cnc(C)s2)c1. The first kappa shape index (κ1) is 17.0. The lowest BCUT2D eigenvalue weighted by molar-refractivity contribution is -0.115. The average Bonchev–Trinajstić information content (AvgIpc) is 2.94. The number of aromatic nitrogens is 1. The predicted molar refractivity (Wildman–Crippen MR) is 92.8 cm³/mol. The van der Waals surface area contributed by atoms with Crippen molar-refractivity contribution in [2.75, 3.05) is 10.6 Å². The number of hydrogen-bond donors (Lipinski definition) is 3. The zero-order valence-electron chi connectivity index (χ0n) is 13.4. The van der Waals surface area contributed by atoms with Gasteiger partial charge in [-0.2, -0.15) is 0 Å². The van der Waals surface area contributed by atoms with Crippen LogP contribution in [0.4, 0.5) is 16.2 Å². The van der Waals surface area contributed by atoms with Crippen LogP contribution in [0.5, 0.6) is 0 Å². The number of urea groups is 1. The van der Waals surface area contributed by atoms with E-state index >= 15 is 0 Å². The maximum Gasteiger partial charge on any atom is 0.319 e. The summed E-state index contributed by atoms with van der Waals surface area (Å²) in [6.45, 7) is 6.04. The van der Waals surface area contributed by atoms with Crippen LogP contribution in [0.25, 0.3) is 0 Å². The van der Waals surface area contributed by atoms with Crippen molar-refractivity contribution in [3.05, 3.63) is 39.8 Å². The molecule has 0 aliphatic carbocycles. The summed E-state index contributed by atoms with van der Waals surface area (Å²) in [5.41, 5.74) is 2.25. The highest BCUT2D eigenvalue weighted by Gasteiger charge is 2.07. The third-order valence-electron chi connectivity index (χ3n) is 3.18. The Balaban J connectivity index is 1.96. The molecule has 1 aromatic heterocycles. The Bertz CT molecular complexity index is 712. The highest BCUT2D eigenvalue weighted by Crippen LogP contribution is 2.20. The Kier molecular flexibility index (Phi) is 5.70. The normalized spacial score (nSPS) is 10.2. The first-order valence-corrected chi connectivity index (χ1v) is 8.16. The number of rotatable bonds is 5. The number of carbonyl (C=O) groups is 2. The van der Waals surface area contributed by atoms with Gasteiger partial charge in [0, 0.05) is 28.9 Å². The van der Waals surface area contributed by atoms with Crippen molar-refractivity contribution in [2.45, 2.75) is 33.7 Å². The van der Waals surface area contributed by atoms with Crippen LogP contribution in [0.3, 0.4) is 0 Å². The van der Waals surface area contributed by atoms with Crippen LogP contribution in [-0.2, 0) is 11.3 Å². The van der Waals surface area contributed by atoms with E-state index < -0.39 is 0 Å². The zero-order chi connectivity index (χ0) is 16.8. The van der Waals surface area contributed by atoms with E-state index in [2.05, 4.69) is 20.9 Å². The molecule has 0 saturated carbocycles. The Labute approximate surface area is 139 Å². The van der Waals surface area contributed by atoms with Crippen LogP contribution in [0.15, 0.2) is 24.4 Å². The summed E-state index contributed by atoms with van der Waals surface area (Å²) in [6.07, 6.45) is 2.16. The van der Waals surface area contributed by atoms with Crippen LogP contribution >= 0.6 is 11.3 Å². The lowest BCUT2D eigenvalue weighted by atomic mass is 10.2. The van der Waals surface area contributed by atoms with Crippen molar-refractivity contribution in [2.24, 2.45) is 0 Å². The van der Waals surface area contributed by atoms with Gasteiger partial charge in [-0.3, -0.25) is 4.79 Å². The molecule has 0 saturated heterocycles. The molecule has 3 amide bonds. The minimum Gasteiger partial charge on any atom is -0.333 e. The smallest absolute Gasteiger partial charge is 0.319 e. The van der Waals surface area contributed by atoms with Gasteiger partial charge in [-0.05, 0) is 31.5 Å². The van der Waals surface area contributed by atoms with Crippen LogP contribution in [0.1, 0.15) is 28.8 Å². The minimum absolute atomic E-state index is 0.0650. The second kappa shape index (κ2) is 7.73. The number of aryl methyl sites for hydroxylation is 2. The summed E-state index contributed by atoms with van der Waals surface area (Å²) >= 11 is 1.55. The van der Waals surface area contributed by atoms with E-state index in [9.17, 15) is 9.59 Å². The molecule has 1 aromatic carbocycles. The largest absolute Gasteiger partial charge is 0.333 e. The van der Waals surface area contributed by atoms with Crippen molar-refractivity contribution < 1.29 is 9.59 Å². The predicted octanol–water partition coefficient (Wildman–Crippen LogP) is 3.43. The third kappa shape index (κ3) is 5.07. The molecular weight excluding hydrogens is 312 g/mol. The van der Waals surface area contributed by atoms with E-state index in [1.807, 2.05) is 26.0 Å². The fraction of sp³-hybridized carbons (Fsp3) is 0.312. The fourth-order valence-electron chi connectivity index (χ4n) is 1.90. The summed E-state index contributed by atoms with van der Waals surface area (Å²) in [4.78, 5) is 28.6. The summed E-state index contributed by atoms with van der Waals surface area (Å²) in [5.74, 6) is -0.0650. The van der Waals surface area contributed by atoms with Gasteiger partial charge in [0.05, 0.1) is 11.6 Å². The number of hydrogen-bond acceptors (Lipinski definition) is 4. The Hall–Kier alpha value is -2.41. The highest BCUT2D eigenvalue weighted by molar-refractivity contribution is 7.11. The van der Waals surface area contributed by atoms with E-state index in [1.54, 1.807) is 30.5 Å². The van der Waals surface area contributed by atoms with Gasteiger partial charge in [0.1, 0.15) is 0 Å². The molecule has 2 aromatic rings. The van der Waals surface area contributed by atoms with Gasteiger partial charge in [-0.1, -0.05) is 13.0 Å². The molecule has 0 aliphatic heterocycles. The molecule has 0 aliphatic rings. The summed E-state index contributed by atoms with van der Waals surface area (Å²) in [5, 5.41) is 9.34. The van der Waals surface area contributed by atoms with E-state index in [1.165, 1.54) is 0 Å². The first-order valence-electron chi connectivity index (χ1n) is 7.34. The molecule has 122 valence electrons. The quantitative estimate of drug-likeness (QED) is 0.784. The number of carbonyl (C=O) groups excluding carboxylic acids is 2. The molecule has 7 heteroatoms. The Morgan fingerprint density at radius 2 is 2.00 bits per heavy atom. The lowest BCUT2D eigenvalue weighted by Gasteiger charge is -2.12. The molecule has 0 unspecified atom stereocenters. The van der Waals surface area contributed by atoms with E-state index in [-0.39, 0.29) is 11.9 Å². The molecule has 6 nitrogen and oxygen atoms in total. The van der Waals surface area contributed by atoms with Gasteiger partial charge in [-0.25, -0.2) is 9.78 Å². The van der Waals surface area contributed by atoms with Gasteiger partial charge in [0.15, 0.2) is 0 Å². The van der Waals surface area contributed by atoms with Gasteiger partial charge >= 0.3 is 6.03 Å². The summed E-state index contributed by atoms with van der Waals surface area (Å²) in [6, 6.07) is 5.12. The van der Waals surface area contributed by atoms with Gasteiger partial charge in [0.2, 0.25) is 5.91 Å². The van der Waals surface area contributed by atoms with Gasteiger partial charge in [0.25, 0.3) is 0 Å². The molecule has 0 bridgehead atoms. The Morgan fingerprint density at radius 1 is 1.22 bits per heavy atom. The molecular formula is C16H20N4O2S. The first-order chi connectivity index (χ1) is 11.0. The topological polar surface area (TPSA) is 83.1 Å². The number of nitrogens with zero attached hydrogens (tertiary/aromatic N) is 1. The van der Waals surface area contributed by atoms with Crippen molar-refractivity contribution in [1.82, 2.24) is 10.3 Å². The van der Waals surface area contributed by atoms with Gasteiger partial charge < -0.3 is 16.0 Å². The minimum atomic E-state index is -0.293. The number of thiazole rings is 1. The second-order valence-corrected chi connectivity index (χ2v) is 6.40. The highest BCUT2D eigenvalue weighted by atomic mass is 32.1. The molecule has 3 N–H and O–H groups in total. The number of benzene rings is 1. The summed E-state index contributed by atoms with van der Waals surface area (Å²) in [7, 11) is 0. The van der Waals surface area contributed by atoms with Crippen molar-refractivity contribution in [3.63, 3.8) is 0 Å². The van der Waals surface area contributed by atoms with Gasteiger partial charge in [-0.15, -0.1) is 11.3 Å². The van der Waals surface area contributed by atoms with Crippen molar-refractivity contribution in [1.29, 1.82) is 0 Å². The molecule has 23 heavy (non-hydrogen) atoms. The maximum absolute atomic E-state index is 12.0. The van der Waals surface area contributed by atoms with E-state index in [0.717, 1.165) is 15.4 Å². The Morgan fingerprint density at radius 3 is 2.65 bits per heavy atom. The number of nitrogens with one attached hydrogen (secondary N) is 3. The van der Waals surface area contributed by atoms with E-state index in [0.29, 0.717) is 24.3 Å². The van der Waals surface area contributed by atoms with Crippen LogP contribution < -0.4 is 16.0 Å². The van der Waals surface area contributed by atoms with E-state index in [4.69, 9.17) is 0 Å². The molecule has 0 fully saturated rings. The summed E-state index contributed by atoms with van der Waals surface area (Å²) < 4.78 is 0. The van der Waals surface area contributed by atoms with Crippen molar-refractivity contribution in [3.8, 4) is 0 Å². The van der Waals surface area contributed by atoms with Crippen LogP contribution in [0, 0.1) is 13.8 Å². The molecule has 1 heterocycles. The number of anilines is 2. The van der Waals surface area contributed by atoms with Crippen molar-refractivity contribution >= 4 is 34.6 Å². The molecule has 2 rings (SSSR count). The standard InChI is InChI=1S/C16H20N4O2S/c1-4-15(21)19-12-6-5-10(2)14(7-12)20-16(22)18-9-13-8-17-11(3)23-13/h5-8H,4,9H2,1-3H3,(H,19,21)(H2,18,20,22). The number of amides is 3. The monoisotopic (exact) mass is 332 g/mol. The average molecular weight is 332 g/mol. The molecule has 0 spiro atoms. The third-order valence-corrected chi connectivity index (χ3v) is 4.10. The van der Waals surface area contributed by atoms with Crippen LogP contribution in [-0.4, -0.2) is 16.9 Å².